The minimum Gasteiger partial charge on any atom is -0.367 e. The van der Waals surface area contributed by atoms with Crippen molar-refractivity contribution in [1.82, 2.24) is 5.16 Å². The molecule has 2 aliphatic carbocycles. The Morgan fingerprint density at radius 1 is 1.31 bits per heavy atom. The molecule has 2 saturated carbocycles. The number of nitrogens with two attached hydrogens (primary N) is 1. The lowest BCUT2D eigenvalue weighted by molar-refractivity contribution is 0.416. The highest BCUT2D eigenvalue weighted by atomic mass is 16.5. The first-order valence-corrected chi connectivity index (χ1v) is 4.97. The van der Waals surface area contributed by atoms with Crippen molar-refractivity contribution in [1.29, 1.82) is 0 Å². The van der Waals surface area contributed by atoms with Crippen LogP contribution in [-0.4, -0.2) is 5.16 Å². The molecule has 2 fully saturated rings. The molecule has 13 heavy (non-hydrogen) atoms. The lowest BCUT2D eigenvalue weighted by atomic mass is 9.97. The monoisotopic (exact) mass is 178 g/mol. The van der Waals surface area contributed by atoms with Crippen molar-refractivity contribution in [2.75, 3.05) is 5.73 Å². The molecule has 3 heteroatoms. The Labute approximate surface area is 77.3 Å². The minimum absolute atomic E-state index is 0.496. The lowest BCUT2D eigenvalue weighted by Crippen LogP contribution is -1.98. The van der Waals surface area contributed by atoms with Gasteiger partial charge < -0.3 is 10.3 Å². The van der Waals surface area contributed by atoms with Gasteiger partial charge in [-0.2, -0.15) is 0 Å². The molecule has 0 saturated heterocycles. The Hall–Kier alpha value is -0.990. The summed E-state index contributed by atoms with van der Waals surface area (Å²) < 4.78 is 4.99. The van der Waals surface area contributed by atoms with Crippen molar-refractivity contribution in [3.63, 3.8) is 0 Å². The molecule has 2 unspecified atom stereocenters. The van der Waals surface area contributed by atoms with E-state index in [-0.39, 0.29) is 0 Å². The molecule has 2 atom stereocenters. The first-order chi connectivity index (χ1) is 6.25. The Balaban J connectivity index is 1.88. The van der Waals surface area contributed by atoms with Gasteiger partial charge in [-0.1, -0.05) is 5.16 Å². The van der Waals surface area contributed by atoms with Gasteiger partial charge in [0.15, 0.2) is 0 Å². The van der Waals surface area contributed by atoms with Gasteiger partial charge in [0.25, 0.3) is 0 Å². The van der Waals surface area contributed by atoms with E-state index in [9.17, 15) is 0 Å². The Bertz CT molecular complexity index is 335. The zero-order valence-electron chi connectivity index (χ0n) is 7.79. The average molecular weight is 178 g/mol. The van der Waals surface area contributed by atoms with Crippen molar-refractivity contribution in [3.8, 4) is 0 Å². The molecule has 2 aliphatic rings. The summed E-state index contributed by atoms with van der Waals surface area (Å²) >= 11 is 0. The van der Waals surface area contributed by atoms with E-state index in [2.05, 4.69) is 5.16 Å². The molecule has 70 valence electrons. The normalized spacial score (nSPS) is 36.2. The summed E-state index contributed by atoms with van der Waals surface area (Å²) in [5, 5.41) is 4.05. The Morgan fingerprint density at radius 2 is 2.00 bits per heavy atom. The summed E-state index contributed by atoms with van der Waals surface area (Å²) in [4.78, 5) is 0. The van der Waals surface area contributed by atoms with Crippen molar-refractivity contribution in [3.05, 3.63) is 11.3 Å². The maximum Gasteiger partial charge on any atom is 0.225 e. The van der Waals surface area contributed by atoms with Gasteiger partial charge >= 0.3 is 0 Å². The third-order valence-corrected chi connectivity index (χ3v) is 3.63. The highest BCUT2D eigenvalue weighted by molar-refractivity contribution is 5.39. The van der Waals surface area contributed by atoms with Crippen LogP contribution in [0.3, 0.4) is 0 Å². The summed E-state index contributed by atoms with van der Waals surface area (Å²) in [7, 11) is 0. The number of hydrogen-bond donors (Lipinski definition) is 1. The topological polar surface area (TPSA) is 52.0 Å². The van der Waals surface area contributed by atoms with Gasteiger partial charge in [0.1, 0.15) is 0 Å². The number of fused-ring (bicyclic) bond motifs is 1. The molecule has 1 aromatic heterocycles. The third-order valence-electron chi connectivity index (χ3n) is 3.63. The van der Waals surface area contributed by atoms with Gasteiger partial charge in [0.2, 0.25) is 5.88 Å². The van der Waals surface area contributed by atoms with Crippen LogP contribution >= 0.6 is 0 Å². The summed E-state index contributed by atoms with van der Waals surface area (Å²) in [5.74, 6) is 3.10. The summed E-state index contributed by atoms with van der Waals surface area (Å²) in [5.41, 5.74) is 7.80. The van der Waals surface area contributed by atoms with Gasteiger partial charge in [0, 0.05) is 11.5 Å². The summed E-state index contributed by atoms with van der Waals surface area (Å²) in [6, 6.07) is 0. The predicted molar refractivity (Wildman–Crippen MR) is 49.2 cm³/mol. The molecule has 0 aromatic carbocycles. The van der Waals surface area contributed by atoms with Gasteiger partial charge in [-0.15, -0.1) is 0 Å². The van der Waals surface area contributed by atoms with E-state index in [0.717, 1.165) is 23.1 Å². The van der Waals surface area contributed by atoms with Gasteiger partial charge in [-0.25, -0.2) is 0 Å². The van der Waals surface area contributed by atoms with Crippen LogP contribution in [-0.2, 0) is 0 Å². The van der Waals surface area contributed by atoms with Crippen LogP contribution in [0.2, 0.25) is 0 Å². The molecule has 2 N–H and O–H groups in total. The maximum absolute atomic E-state index is 5.62. The third kappa shape index (κ3) is 0.992. The van der Waals surface area contributed by atoms with Crippen molar-refractivity contribution >= 4 is 5.88 Å². The van der Waals surface area contributed by atoms with E-state index in [1.54, 1.807) is 0 Å². The quantitative estimate of drug-likeness (QED) is 0.716. The van der Waals surface area contributed by atoms with Crippen LogP contribution < -0.4 is 5.73 Å². The van der Waals surface area contributed by atoms with Crippen LogP contribution in [0.1, 0.15) is 36.4 Å². The molecular weight excluding hydrogens is 164 g/mol. The number of nitrogens with zero attached hydrogens (tertiary/aromatic N) is 1. The molecule has 3 rings (SSSR count). The highest BCUT2D eigenvalue weighted by Crippen LogP contribution is 2.57. The first-order valence-electron chi connectivity index (χ1n) is 4.97. The predicted octanol–water partition coefficient (Wildman–Crippen LogP) is 2.08. The van der Waals surface area contributed by atoms with E-state index >= 15 is 0 Å². The van der Waals surface area contributed by atoms with Crippen molar-refractivity contribution in [2.24, 2.45) is 11.8 Å². The molecule has 1 heterocycles. The van der Waals surface area contributed by atoms with Crippen LogP contribution in [0.4, 0.5) is 5.88 Å². The average Bonchev–Trinajstić information content (AvgIpc) is 2.58. The van der Waals surface area contributed by atoms with E-state index in [4.69, 9.17) is 10.3 Å². The molecule has 0 aliphatic heterocycles. The van der Waals surface area contributed by atoms with E-state index in [1.807, 2.05) is 6.92 Å². The first kappa shape index (κ1) is 7.42. The molecule has 0 spiro atoms. The largest absolute Gasteiger partial charge is 0.367 e. The molecule has 0 radical (unpaired) electrons. The summed E-state index contributed by atoms with van der Waals surface area (Å²) in [6.07, 6.45) is 4.05. The zero-order valence-corrected chi connectivity index (χ0v) is 7.79. The second kappa shape index (κ2) is 2.28. The zero-order chi connectivity index (χ0) is 9.00. The number of hydrogen-bond acceptors (Lipinski definition) is 3. The van der Waals surface area contributed by atoms with Crippen LogP contribution in [0.5, 0.6) is 0 Å². The number of anilines is 1. The van der Waals surface area contributed by atoms with E-state index in [1.165, 1.54) is 19.3 Å². The lowest BCUT2D eigenvalue weighted by Gasteiger charge is -2.07. The van der Waals surface area contributed by atoms with Crippen molar-refractivity contribution < 1.29 is 4.52 Å². The minimum atomic E-state index is 0.496. The van der Waals surface area contributed by atoms with Gasteiger partial charge in [0.05, 0.1) is 5.69 Å². The highest BCUT2D eigenvalue weighted by Gasteiger charge is 2.47. The second-order valence-electron chi connectivity index (χ2n) is 4.48. The Morgan fingerprint density at radius 3 is 2.54 bits per heavy atom. The molecule has 3 nitrogen and oxygen atoms in total. The van der Waals surface area contributed by atoms with Gasteiger partial charge in [-0.05, 0) is 38.0 Å². The van der Waals surface area contributed by atoms with Crippen LogP contribution in [0.25, 0.3) is 0 Å². The molecular formula is C10H14N2O. The van der Waals surface area contributed by atoms with Crippen molar-refractivity contribution in [2.45, 2.75) is 32.1 Å². The second-order valence-corrected chi connectivity index (χ2v) is 4.48. The number of aromatic nitrogens is 1. The number of rotatable bonds is 1. The smallest absolute Gasteiger partial charge is 0.225 e. The molecule has 1 aromatic rings. The number of nitrogen functional groups attached to an aromatic ring is 1. The fourth-order valence-electron chi connectivity index (χ4n) is 2.68. The summed E-state index contributed by atoms with van der Waals surface area (Å²) in [6.45, 7) is 2.01. The van der Waals surface area contributed by atoms with E-state index in [0.29, 0.717) is 11.8 Å². The SMILES string of the molecule is Cc1c(C2CC3CC3C2)noc1N. The Kier molecular flexibility index (Phi) is 1.30. The maximum atomic E-state index is 5.62. The van der Waals surface area contributed by atoms with Crippen LogP contribution in [0.15, 0.2) is 4.52 Å². The fourth-order valence-corrected chi connectivity index (χ4v) is 2.68. The van der Waals surface area contributed by atoms with E-state index < -0.39 is 0 Å². The molecule has 0 bridgehead atoms. The standard InChI is InChI=1S/C10H14N2O/c1-5-9(12-13-10(5)11)8-3-6-2-7(6)4-8/h6-8H,2-4,11H2,1H3. The fraction of sp³-hybridized carbons (Fsp3) is 0.700. The van der Waals surface area contributed by atoms with Gasteiger partial charge in [-0.3, -0.25) is 0 Å². The molecule has 0 amide bonds. The van der Waals surface area contributed by atoms with Crippen LogP contribution in [0, 0.1) is 18.8 Å².